The van der Waals surface area contributed by atoms with Crippen molar-refractivity contribution in [3.63, 3.8) is 0 Å². The highest BCUT2D eigenvalue weighted by Gasteiger charge is 2.05. The number of rotatable bonds is 7. The maximum absolute atomic E-state index is 12.9. The topological polar surface area (TPSA) is 41.1 Å². The van der Waals surface area contributed by atoms with Crippen molar-refractivity contribution in [2.75, 3.05) is 20.1 Å². The predicted octanol–water partition coefficient (Wildman–Crippen LogP) is 2.15. The average molecular weight is 289 g/mol. The van der Waals surface area contributed by atoms with Gasteiger partial charge in [-0.1, -0.05) is 19.1 Å². The fourth-order valence-corrected chi connectivity index (χ4v) is 1.75. The molecule has 1 aromatic carbocycles. The molecule has 0 aliphatic carbocycles. The van der Waals surface area contributed by atoms with Crippen LogP contribution < -0.4 is 10.6 Å². The Morgan fingerprint density at radius 3 is 2.74 bits per heavy atom. The third kappa shape index (κ3) is 7.80. The number of carbonyl (C=O) groups is 1. The molecule has 108 valence electrons. The number of benzene rings is 1. The molecule has 0 saturated heterocycles. The van der Waals surface area contributed by atoms with Crippen molar-refractivity contribution < 1.29 is 9.18 Å². The lowest BCUT2D eigenvalue weighted by Gasteiger charge is -2.11. The van der Waals surface area contributed by atoms with E-state index in [1.165, 1.54) is 12.1 Å². The Kier molecular flexibility index (Phi) is 9.17. The second-order valence-electron chi connectivity index (χ2n) is 4.60. The van der Waals surface area contributed by atoms with Crippen molar-refractivity contribution in [3.8, 4) is 0 Å². The lowest BCUT2D eigenvalue weighted by molar-refractivity contribution is -0.121. The number of aryl methyl sites for hydroxylation is 1. The summed E-state index contributed by atoms with van der Waals surface area (Å²) in [5.41, 5.74) is 0.855. The second kappa shape index (κ2) is 9.75. The van der Waals surface area contributed by atoms with Gasteiger partial charge in [-0.2, -0.15) is 0 Å². The number of halogens is 2. The molecular weight excluding hydrogens is 267 g/mol. The van der Waals surface area contributed by atoms with Crippen LogP contribution in [0.15, 0.2) is 24.3 Å². The summed E-state index contributed by atoms with van der Waals surface area (Å²) >= 11 is 0. The van der Waals surface area contributed by atoms with E-state index in [4.69, 9.17) is 0 Å². The predicted molar refractivity (Wildman–Crippen MR) is 78.1 cm³/mol. The van der Waals surface area contributed by atoms with Gasteiger partial charge in [0.2, 0.25) is 5.91 Å². The van der Waals surface area contributed by atoms with Gasteiger partial charge in [0.25, 0.3) is 0 Å². The molecule has 1 rings (SSSR count). The maximum Gasteiger partial charge on any atom is 0.220 e. The zero-order valence-corrected chi connectivity index (χ0v) is 12.2. The first kappa shape index (κ1) is 17.9. The first-order valence-electron chi connectivity index (χ1n) is 6.27. The number of nitrogens with one attached hydrogen (secondary N) is 2. The standard InChI is InChI=1S/C14H21FN2O.ClH/c1-11(9-16-2)10-17-14(18)7-6-12-4-3-5-13(15)8-12;/h3-5,8,11,16H,6-7,9-10H2,1-2H3,(H,17,18);1H. The van der Waals surface area contributed by atoms with Gasteiger partial charge in [0, 0.05) is 13.0 Å². The molecule has 5 heteroatoms. The van der Waals surface area contributed by atoms with E-state index in [0.717, 1.165) is 12.1 Å². The molecule has 0 aromatic heterocycles. The molecule has 1 aromatic rings. The van der Waals surface area contributed by atoms with Gasteiger partial charge in [0.1, 0.15) is 5.82 Å². The zero-order chi connectivity index (χ0) is 13.4. The van der Waals surface area contributed by atoms with Gasteiger partial charge in [0.05, 0.1) is 0 Å². The van der Waals surface area contributed by atoms with Crippen LogP contribution in [0.1, 0.15) is 18.9 Å². The lowest BCUT2D eigenvalue weighted by atomic mass is 10.1. The smallest absolute Gasteiger partial charge is 0.220 e. The highest BCUT2D eigenvalue weighted by Crippen LogP contribution is 2.06. The van der Waals surface area contributed by atoms with Gasteiger partial charge in [-0.25, -0.2) is 4.39 Å². The molecule has 19 heavy (non-hydrogen) atoms. The van der Waals surface area contributed by atoms with Crippen molar-refractivity contribution in [3.05, 3.63) is 35.6 Å². The Labute approximate surface area is 120 Å². The van der Waals surface area contributed by atoms with Crippen LogP contribution in [0.3, 0.4) is 0 Å². The molecule has 0 radical (unpaired) electrons. The summed E-state index contributed by atoms with van der Waals surface area (Å²) in [6, 6.07) is 6.37. The summed E-state index contributed by atoms with van der Waals surface area (Å²) in [5, 5.41) is 5.94. The molecule has 0 saturated carbocycles. The van der Waals surface area contributed by atoms with Crippen molar-refractivity contribution in [1.29, 1.82) is 0 Å². The van der Waals surface area contributed by atoms with Gasteiger partial charge in [-0.3, -0.25) is 4.79 Å². The molecule has 0 fully saturated rings. The van der Waals surface area contributed by atoms with Crippen LogP contribution in [0, 0.1) is 11.7 Å². The van der Waals surface area contributed by atoms with E-state index in [0.29, 0.717) is 25.3 Å². The normalized spacial score (nSPS) is 11.5. The van der Waals surface area contributed by atoms with E-state index in [9.17, 15) is 9.18 Å². The van der Waals surface area contributed by atoms with Crippen molar-refractivity contribution >= 4 is 18.3 Å². The van der Waals surface area contributed by atoms with Gasteiger partial charge >= 0.3 is 0 Å². The number of amides is 1. The summed E-state index contributed by atoms with van der Waals surface area (Å²) in [6.07, 6.45) is 0.972. The van der Waals surface area contributed by atoms with Gasteiger partial charge in [-0.05, 0) is 43.6 Å². The van der Waals surface area contributed by atoms with Gasteiger partial charge in [0.15, 0.2) is 0 Å². The maximum atomic E-state index is 12.9. The second-order valence-corrected chi connectivity index (χ2v) is 4.60. The first-order chi connectivity index (χ1) is 8.61. The summed E-state index contributed by atoms with van der Waals surface area (Å²) < 4.78 is 12.9. The minimum Gasteiger partial charge on any atom is -0.356 e. The van der Waals surface area contributed by atoms with Crippen LogP contribution in [0.4, 0.5) is 4.39 Å². The van der Waals surface area contributed by atoms with E-state index in [2.05, 4.69) is 17.6 Å². The Hall–Kier alpha value is -1.13. The zero-order valence-electron chi connectivity index (χ0n) is 11.4. The van der Waals surface area contributed by atoms with E-state index in [-0.39, 0.29) is 24.1 Å². The molecule has 1 amide bonds. The fraction of sp³-hybridized carbons (Fsp3) is 0.500. The van der Waals surface area contributed by atoms with Gasteiger partial charge in [-0.15, -0.1) is 12.4 Å². The van der Waals surface area contributed by atoms with Crippen LogP contribution in [-0.4, -0.2) is 26.0 Å². The average Bonchev–Trinajstić information content (AvgIpc) is 2.34. The largest absolute Gasteiger partial charge is 0.356 e. The molecule has 0 heterocycles. The Morgan fingerprint density at radius 2 is 2.11 bits per heavy atom. The molecule has 0 aliphatic heterocycles. The molecule has 0 spiro atoms. The summed E-state index contributed by atoms with van der Waals surface area (Å²) in [7, 11) is 1.89. The van der Waals surface area contributed by atoms with Crippen molar-refractivity contribution in [1.82, 2.24) is 10.6 Å². The highest BCUT2D eigenvalue weighted by molar-refractivity contribution is 5.85. The number of carbonyl (C=O) groups excluding carboxylic acids is 1. The molecule has 0 bridgehead atoms. The SMILES string of the molecule is CNCC(C)CNC(=O)CCc1cccc(F)c1.Cl. The molecule has 2 N–H and O–H groups in total. The monoisotopic (exact) mass is 288 g/mol. The van der Waals surface area contributed by atoms with E-state index in [1.807, 2.05) is 13.1 Å². The summed E-state index contributed by atoms with van der Waals surface area (Å²) in [6.45, 7) is 3.62. The molecule has 3 nitrogen and oxygen atoms in total. The molecule has 1 unspecified atom stereocenters. The highest BCUT2D eigenvalue weighted by atomic mass is 35.5. The summed E-state index contributed by atoms with van der Waals surface area (Å²) in [5.74, 6) is 0.172. The quantitative estimate of drug-likeness (QED) is 0.807. The first-order valence-corrected chi connectivity index (χ1v) is 6.27. The van der Waals surface area contributed by atoms with Crippen LogP contribution in [-0.2, 0) is 11.2 Å². The van der Waals surface area contributed by atoms with Crippen LogP contribution >= 0.6 is 12.4 Å². The third-order valence-corrected chi connectivity index (χ3v) is 2.73. The van der Waals surface area contributed by atoms with Crippen molar-refractivity contribution in [2.45, 2.75) is 19.8 Å². The molecule has 1 atom stereocenters. The Bertz CT molecular complexity index is 387. The lowest BCUT2D eigenvalue weighted by Crippen LogP contribution is -2.32. The van der Waals surface area contributed by atoms with E-state index in [1.54, 1.807) is 6.07 Å². The number of hydrogen-bond donors (Lipinski definition) is 2. The minimum absolute atomic E-state index is 0. The van der Waals surface area contributed by atoms with Crippen LogP contribution in [0.2, 0.25) is 0 Å². The summed E-state index contributed by atoms with van der Waals surface area (Å²) in [4.78, 5) is 11.6. The third-order valence-electron chi connectivity index (χ3n) is 2.73. The molecular formula is C14H22ClFN2O. The Morgan fingerprint density at radius 1 is 1.37 bits per heavy atom. The number of hydrogen-bond acceptors (Lipinski definition) is 2. The van der Waals surface area contributed by atoms with Crippen LogP contribution in [0.5, 0.6) is 0 Å². The molecule has 0 aliphatic rings. The van der Waals surface area contributed by atoms with Gasteiger partial charge < -0.3 is 10.6 Å². The van der Waals surface area contributed by atoms with Crippen LogP contribution in [0.25, 0.3) is 0 Å². The Balaban J connectivity index is 0.00000324. The van der Waals surface area contributed by atoms with E-state index >= 15 is 0 Å². The van der Waals surface area contributed by atoms with Crippen molar-refractivity contribution in [2.24, 2.45) is 5.92 Å². The minimum atomic E-state index is -0.254. The fourth-order valence-electron chi connectivity index (χ4n) is 1.75. The van der Waals surface area contributed by atoms with E-state index < -0.39 is 0 Å².